The Bertz CT molecular complexity index is 118. The van der Waals surface area contributed by atoms with Crippen LogP contribution in [0.25, 0.3) is 0 Å². The molecule has 0 saturated heterocycles. The summed E-state index contributed by atoms with van der Waals surface area (Å²) in [6.07, 6.45) is 9.36. The number of hydrogen-bond donors (Lipinski definition) is 1. The fourth-order valence-electron chi connectivity index (χ4n) is 1.60. The molecule has 2 N–H and O–H groups in total. The van der Waals surface area contributed by atoms with Crippen LogP contribution in [0.5, 0.6) is 0 Å². The lowest BCUT2D eigenvalue weighted by Gasteiger charge is -2.13. The largest absolute Gasteiger partial charge is 0.328 e. The Labute approximate surface area is 83.4 Å². The zero-order chi connectivity index (χ0) is 10.1. The molecule has 0 rings (SSSR count). The molecule has 0 aromatic rings. The molecule has 0 aliphatic carbocycles. The average molecular weight is 183 g/mol. The van der Waals surface area contributed by atoms with Crippen LogP contribution in [0.15, 0.2) is 12.7 Å². The Kier molecular flexibility index (Phi) is 8.11. The SMILES string of the molecule is C=CCCCCCC(N)CC(C)C. The Morgan fingerprint density at radius 3 is 2.46 bits per heavy atom. The predicted octanol–water partition coefficient (Wildman–Crippen LogP) is 3.50. The topological polar surface area (TPSA) is 26.0 Å². The van der Waals surface area contributed by atoms with Crippen LogP contribution in [0, 0.1) is 5.92 Å². The number of rotatable bonds is 8. The van der Waals surface area contributed by atoms with Crippen LogP contribution >= 0.6 is 0 Å². The van der Waals surface area contributed by atoms with Crippen LogP contribution in [-0.4, -0.2) is 6.04 Å². The maximum absolute atomic E-state index is 5.97. The highest BCUT2D eigenvalue weighted by atomic mass is 14.6. The molecule has 0 aromatic heterocycles. The molecule has 0 radical (unpaired) electrons. The van der Waals surface area contributed by atoms with Gasteiger partial charge >= 0.3 is 0 Å². The standard InChI is InChI=1S/C12H25N/c1-4-5-6-7-8-9-12(13)10-11(2)3/h4,11-12H,1,5-10,13H2,2-3H3. The normalized spacial score (nSPS) is 13.2. The summed E-state index contributed by atoms with van der Waals surface area (Å²) >= 11 is 0. The number of unbranched alkanes of at least 4 members (excludes halogenated alkanes) is 3. The van der Waals surface area contributed by atoms with Gasteiger partial charge in [0.25, 0.3) is 0 Å². The van der Waals surface area contributed by atoms with E-state index in [1.807, 2.05) is 6.08 Å². The van der Waals surface area contributed by atoms with Gasteiger partial charge in [0, 0.05) is 6.04 Å². The number of allylic oxidation sites excluding steroid dienone is 1. The molecule has 1 atom stereocenters. The highest BCUT2D eigenvalue weighted by molar-refractivity contribution is 4.67. The van der Waals surface area contributed by atoms with E-state index in [0.717, 1.165) is 12.3 Å². The summed E-state index contributed by atoms with van der Waals surface area (Å²) in [5.41, 5.74) is 5.97. The first-order chi connectivity index (χ1) is 6.16. The minimum atomic E-state index is 0.420. The first-order valence-corrected chi connectivity index (χ1v) is 5.53. The van der Waals surface area contributed by atoms with Gasteiger partial charge in [-0.05, 0) is 31.6 Å². The van der Waals surface area contributed by atoms with E-state index in [9.17, 15) is 0 Å². The third-order valence-electron chi connectivity index (χ3n) is 2.26. The molecule has 78 valence electrons. The van der Waals surface area contributed by atoms with Crippen molar-refractivity contribution >= 4 is 0 Å². The molecular weight excluding hydrogens is 158 g/mol. The molecule has 0 aromatic carbocycles. The Morgan fingerprint density at radius 1 is 1.23 bits per heavy atom. The van der Waals surface area contributed by atoms with E-state index in [1.165, 1.54) is 32.1 Å². The molecule has 13 heavy (non-hydrogen) atoms. The highest BCUT2D eigenvalue weighted by Crippen LogP contribution is 2.10. The maximum atomic E-state index is 5.97. The third-order valence-corrected chi connectivity index (χ3v) is 2.26. The average Bonchev–Trinajstić information content (AvgIpc) is 2.02. The van der Waals surface area contributed by atoms with E-state index in [2.05, 4.69) is 20.4 Å². The van der Waals surface area contributed by atoms with Gasteiger partial charge in [-0.1, -0.05) is 32.8 Å². The van der Waals surface area contributed by atoms with Crippen molar-refractivity contribution in [1.82, 2.24) is 0 Å². The summed E-state index contributed by atoms with van der Waals surface area (Å²) in [4.78, 5) is 0. The summed E-state index contributed by atoms with van der Waals surface area (Å²) in [5, 5.41) is 0. The molecule has 0 heterocycles. The zero-order valence-electron chi connectivity index (χ0n) is 9.26. The molecule has 1 unspecified atom stereocenters. The highest BCUT2D eigenvalue weighted by Gasteiger charge is 2.04. The number of hydrogen-bond acceptors (Lipinski definition) is 1. The molecule has 0 aliphatic heterocycles. The summed E-state index contributed by atoms with van der Waals surface area (Å²) < 4.78 is 0. The summed E-state index contributed by atoms with van der Waals surface area (Å²) in [6.45, 7) is 8.18. The fourth-order valence-corrected chi connectivity index (χ4v) is 1.60. The van der Waals surface area contributed by atoms with Crippen LogP contribution in [0.1, 0.15) is 52.4 Å². The third kappa shape index (κ3) is 9.62. The first kappa shape index (κ1) is 12.7. The van der Waals surface area contributed by atoms with E-state index in [1.54, 1.807) is 0 Å². The van der Waals surface area contributed by atoms with Crippen molar-refractivity contribution in [2.75, 3.05) is 0 Å². The molecule has 0 fully saturated rings. The van der Waals surface area contributed by atoms with E-state index in [0.29, 0.717) is 6.04 Å². The van der Waals surface area contributed by atoms with Crippen LogP contribution in [-0.2, 0) is 0 Å². The molecule has 1 heteroatoms. The van der Waals surface area contributed by atoms with Gasteiger partial charge in [-0.15, -0.1) is 6.58 Å². The van der Waals surface area contributed by atoms with Gasteiger partial charge in [0.2, 0.25) is 0 Å². The smallest absolute Gasteiger partial charge is 0.00412 e. The maximum Gasteiger partial charge on any atom is 0.00412 e. The van der Waals surface area contributed by atoms with Crippen molar-refractivity contribution in [3.63, 3.8) is 0 Å². The lowest BCUT2D eigenvalue weighted by atomic mass is 9.99. The summed E-state index contributed by atoms with van der Waals surface area (Å²) in [7, 11) is 0. The van der Waals surface area contributed by atoms with Crippen molar-refractivity contribution in [1.29, 1.82) is 0 Å². The molecule has 0 amide bonds. The van der Waals surface area contributed by atoms with Crippen molar-refractivity contribution < 1.29 is 0 Å². The quantitative estimate of drug-likeness (QED) is 0.452. The fraction of sp³-hybridized carbons (Fsp3) is 0.833. The van der Waals surface area contributed by atoms with E-state index in [-0.39, 0.29) is 0 Å². The van der Waals surface area contributed by atoms with E-state index >= 15 is 0 Å². The van der Waals surface area contributed by atoms with Gasteiger partial charge in [0.05, 0.1) is 0 Å². The van der Waals surface area contributed by atoms with Crippen molar-refractivity contribution in [2.24, 2.45) is 11.7 Å². The molecule has 0 spiro atoms. The molecule has 0 bridgehead atoms. The van der Waals surface area contributed by atoms with E-state index < -0.39 is 0 Å². The van der Waals surface area contributed by atoms with Gasteiger partial charge in [0.1, 0.15) is 0 Å². The van der Waals surface area contributed by atoms with Crippen molar-refractivity contribution in [3.05, 3.63) is 12.7 Å². The lowest BCUT2D eigenvalue weighted by molar-refractivity contribution is 0.455. The van der Waals surface area contributed by atoms with Crippen molar-refractivity contribution in [2.45, 2.75) is 58.4 Å². The molecular formula is C12H25N. The van der Waals surface area contributed by atoms with Gasteiger partial charge in [-0.25, -0.2) is 0 Å². The minimum Gasteiger partial charge on any atom is -0.328 e. The van der Waals surface area contributed by atoms with Crippen LogP contribution < -0.4 is 5.73 Å². The Hall–Kier alpha value is -0.300. The second-order valence-corrected chi connectivity index (χ2v) is 4.32. The predicted molar refractivity (Wildman–Crippen MR) is 60.7 cm³/mol. The van der Waals surface area contributed by atoms with Gasteiger partial charge in [-0.3, -0.25) is 0 Å². The van der Waals surface area contributed by atoms with Gasteiger partial charge < -0.3 is 5.73 Å². The molecule has 0 aliphatic rings. The molecule has 1 nitrogen and oxygen atoms in total. The van der Waals surface area contributed by atoms with Crippen LogP contribution in [0.3, 0.4) is 0 Å². The van der Waals surface area contributed by atoms with E-state index in [4.69, 9.17) is 5.73 Å². The monoisotopic (exact) mass is 183 g/mol. The Balaban J connectivity index is 3.16. The second-order valence-electron chi connectivity index (χ2n) is 4.32. The first-order valence-electron chi connectivity index (χ1n) is 5.53. The molecule has 0 saturated carbocycles. The van der Waals surface area contributed by atoms with Crippen LogP contribution in [0.2, 0.25) is 0 Å². The van der Waals surface area contributed by atoms with Gasteiger partial charge in [0.15, 0.2) is 0 Å². The van der Waals surface area contributed by atoms with Gasteiger partial charge in [-0.2, -0.15) is 0 Å². The number of nitrogens with two attached hydrogens (primary N) is 1. The van der Waals surface area contributed by atoms with Crippen molar-refractivity contribution in [3.8, 4) is 0 Å². The Morgan fingerprint density at radius 2 is 1.92 bits per heavy atom. The minimum absolute atomic E-state index is 0.420. The second kappa shape index (κ2) is 8.31. The summed E-state index contributed by atoms with van der Waals surface area (Å²) in [6, 6.07) is 0.420. The summed E-state index contributed by atoms with van der Waals surface area (Å²) in [5.74, 6) is 0.739. The van der Waals surface area contributed by atoms with Crippen LogP contribution in [0.4, 0.5) is 0 Å². The zero-order valence-corrected chi connectivity index (χ0v) is 9.26. The lowest BCUT2D eigenvalue weighted by Crippen LogP contribution is -2.21.